The Morgan fingerprint density at radius 3 is 2.55 bits per heavy atom. The monoisotopic (exact) mass is 178 g/mol. The lowest BCUT2D eigenvalue weighted by molar-refractivity contribution is 0.441. The molecule has 0 aliphatic heterocycles. The third-order valence-electron chi connectivity index (χ3n) is 1.09. The van der Waals surface area contributed by atoms with E-state index in [-0.39, 0.29) is 5.75 Å². The summed E-state index contributed by atoms with van der Waals surface area (Å²) in [6.45, 7) is 3.64. The topological polar surface area (TPSA) is 43.4 Å². The Morgan fingerprint density at radius 1 is 1.45 bits per heavy atom. The van der Waals surface area contributed by atoms with E-state index in [0.29, 0.717) is 6.42 Å². The van der Waals surface area contributed by atoms with Crippen molar-refractivity contribution in [3.63, 3.8) is 0 Å². The molecule has 0 aliphatic carbocycles. The van der Waals surface area contributed by atoms with E-state index < -0.39 is 10.1 Å². The molecule has 0 fully saturated rings. The molecule has 0 bridgehead atoms. The molecule has 0 radical (unpaired) electrons. The minimum absolute atomic E-state index is 0.105. The van der Waals surface area contributed by atoms with Crippen LogP contribution in [0.1, 0.15) is 26.7 Å². The minimum Gasteiger partial charge on any atom is -0.391 e. The van der Waals surface area contributed by atoms with E-state index in [9.17, 15) is 8.42 Å². The Labute approximate surface area is 68.2 Å². The van der Waals surface area contributed by atoms with Crippen molar-refractivity contribution in [2.75, 3.05) is 5.75 Å². The summed E-state index contributed by atoms with van der Waals surface area (Å²) in [4.78, 5) is 0. The third-order valence-corrected chi connectivity index (χ3v) is 2.28. The molecule has 0 saturated carbocycles. The second kappa shape index (κ2) is 5.18. The average molecular weight is 178 g/mol. The molecule has 11 heavy (non-hydrogen) atoms. The van der Waals surface area contributed by atoms with Crippen LogP contribution in [0.3, 0.4) is 0 Å². The predicted molar refractivity (Wildman–Crippen MR) is 44.6 cm³/mol. The van der Waals surface area contributed by atoms with Gasteiger partial charge < -0.3 is 4.18 Å². The Bertz CT molecular complexity index is 204. The highest BCUT2D eigenvalue weighted by atomic mass is 32.2. The van der Waals surface area contributed by atoms with E-state index in [1.807, 2.05) is 6.92 Å². The van der Waals surface area contributed by atoms with Crippen molar-refractivity contribution in [2.24, 2.45) is 0 Å². The number of rotatable bonds is 5. The van der Waals surface area contributed by atoms with Gasteiger partial charge in [-0.3, -0.25) is 0 Å². The second-order valence-electron chi connectivity index (χ2n) is 2.18. The van der Waals surface area contributed by atoms with Crippen molar-refractivity contribution >= 4 is 10.1 Å². The van der Waals surface area contributed by atoms with E-state index in [1.54, 1.807) is 13.0 Å². The summed E-state index contributed by atoms with van der Waals surface area (Å²) < 4.78 is 26.2. The van der Waals surface area contributed by atoms with Crippen molar-refractivity contribution < 1.29 is 12.6 Å². The van der Waals surface area contributed by atoms with Crippen LogP contribution in [0.15, 0.2) is 12.3 Å². The lowest BCUT2D eigenvalue weighted by Crippen LogP contribution is -2.06. The molecule has 0 rings (SSSR count). The molecule has 0 heterocycles. The second-order valence-corrected chi connectivity index (χ2v) is 3.90. The highest BCUT2D eigenvalue weighted by Gasteiger charge is 2.07. The Balaban J connectivity index is 3.82. The normalized spacial score (nSPS) is 12.2. The zero-order valence-corrected chi connectivity index (χ0v) is 7.73. The summed E-state index contributed by atoms with van der Waals surface area (Å²) in [7, 11) is -3.29. The number of unbranched alkanes of at least 4 members (excludes halogenated alkanes) is 1. The van der Waals surface area contributed by atoms with E-state index in [0.717, 1.165) is 6.42 Å². The molecule has 0 N–H and O–H groups in total. The predicted octanol–water partition coefficient (Wildman–Crippen LogP) is 1.67. The van der Waals surface area contributed by atoms with Crippen molar-refractivity contribution in [3.8, 4) is 0 Å². The van der Waals surface area contributed by atoms with Crippen molar-refractivity contribution in [3.05, 3.63) is 12.3 Å². The largest absolute Gasteiger partial charge is 0.391 e. The highest BCUT2D eigenvalue weighted by molar-refractivity contribution is 7.86. The van der Waals surface area contributed by atoms with Crippen molar-refractivity contribution in [1.29, 1.82) is 0 Å². The fourth-order valence-corrected chi connectivity index (χ4v) is 1.53. The van der Waals surface area contributed by atoms with Crippen molar-refractivity contribution in [2.45, 2.75) is 26.7 Å². The van der Waals surface area contributed by atoms with Gasteiger partial charge in [-0.2, -0.15) is 8.42 Å². The van der Waals surface area contributed by atoms with Crippen LogP contribution in [0.4, 0.5) is 0 Å². The molecular weight excluding hydrogens is 164 g/mol. The zero-order chi connectivity index (χ0) is 8.74. The number of hydrogen-bond donors (Lipinski definition) is 0. The van der Waals surface area contributed by atoms with Gasteiger partial charge in [-0.1, -0.05) is 19.4 Å². The van der Waals surface area contributed by atoms with Gasteiger partial charge >= 0.3 is 10.1 Å². The van der Waals surface area contributed by atoms with Gasteiger partial charge in [0.05, 0.1) is 5.75 Å². The first kappa shape index (κ1) is 10.5. The maximum absolute atomic E-state index is 10.9. The molecule has 3 nitrogen and oxygen atoms in total. The highest BCUT2D eigenvalue weighted by Crippen LogP contribution is 1.98. The molecular formula is C7H14O3S. The fraction of sp³-hybridized carbons (Fsp3) is 0.714. The molecule has 0 aromatic rings. The van der Waals surface area contributed by atoms with Gasteiger partial charge in [-0.05, 0) is 13.3 Å². The van der Waals surface area contributed by atoms with Gasteiger partial charge in [0.1, 0.15) is 6.26 Å². The molecule has 0 saturated heterocycles. The third kappa shape index (κ3) is 5.91. The van der Waals surface area contributed by atoms with Crippen LogP contribution in [0.2, 0.25) is 0 Å². The summed E-state index contributed by atoms with van der Waals surface area (Å²) >= 11 is 0. The number of hydrogen-bond acceptors (Lipinski definition) is 3. The van der Waals surface area contributed by atoms with Crippen LogP contribution >= 0.6 is 0 Å². The van der Waals surface area contributed by atoms with Gasteiger partial charge in [0.25, 0.3) is 0 Å². The summed E-state index contributed by atoms with van der Waals surface area (Å²) in [5, 5.41) is 0. The maximum Gasteiger partial charge on any atom is 0.308 e. The van der Waals surface area contributed by atoms with E-state index in [4.69, 9.17) is 0 Å². The first-order valence-corrected chi connectivity index (χ1v) is 5.22. The smallest absolute Gasteiger partial charge is 0.308 e. The van der Waals surface area contributed by atoms with E-state index in [1.165, 1.54) is 6.26 Å². The number of allylic oxidation sites excluding steroid dienone is 1. The molecule has 66 valence electrons. The van der Waals surface area contributed by atoms with Gasteiger partial charge in [-0.25, -0.2) is 0 Å². The van der Waals surface area contributed by atoms with Crippen LogP contribution in [0.5, 0.6) is 0 Å². The molecule has 0 aromatic heterocycles. The Morgan fingerprint density at radius 2 is 2.09 bits per heavy atom. The SMILES string of the molecule is CC=COS(=O)(=O)CCCC. The maximum atomic E-state index is 10.9. The van der Waals surface area contributed by atoms with Gasteiger partial charge in [0.15, 0.2) is 0 Å². The lowest BCUT2D eigenvalue weighted by atomic mass is 10.4. The summed E-state index contributed by atoms with van der Waals surface area (Å²) in [6, 6.07) is 0. The first-order valence-electron chi connectivity index (χ1n) is 3.64. The molecule has 0 unspecified atom stereocenters. The van der Waals surface area contributed by atoms with Crippen LogP contribution in [0, 0.1) is 0 Å². The van der Waals surface area contributed by atoms with Crippen LogP contribution in [-0.4, -0.2) is 14.2 Å². The molecule has 0 aromatic carbocycles. The Kier molecular flexibility index (Phi) is 4.94. The summed E-state index contributed by atoms with van der Waals surface area (Å²) in [5.74, 6) is 0.105. The molecule has 0 amide bonds. The van der Waals surface area contributed by atoms with Gasteiger partial charge in [0, 0.05) is 0 Å². The van der Waals surface area contributed by atoms with Crippen molar-refractivity contribution in [1.82, 2.24) is 0 Å². The van der Waals surface area contributed by atoms with Crippen LogP contribution in [-0.2, 0) is 14.3 Å². The van der Waals surface area contributed by atoms with Gasteiger partial charge in [0.2, 0.25) is 0 Å². The van der Waals surface area contributed by atoms with E-state index >= 15 is 0 Å². The molecule has 0 aliphatic rings. The summed E-state index contributed by atoms with van der Waals surface area (Å²) in [5.41, 5.74) is 0. The van der Waals surface area contributed by atoms with Crippen LogP contribution < -0.4 is 0 Å². The Hall–Kier alpha value is -0.510. The first-order chi connectivity index (χ1) is 5.12. The standard InChI is InChI=1S/C7H14O3S/c1-3-5-7-11(8,9)10-6-4-2/h4,6H,3,5,7H2,1-2H3. The van der Waals surface area contributed by atoms with Crippen LogP contribution in [0.25, 0.3) is 0 Å². The minimum atomic E-state index is -3.29. The fourth-order valence-electron chi connectivity index (χ4n) is 0.509. The zero-order valence-electron chi connectivity index (χ0n) is 6.91. The molecule has 0 atom stereocenters. The average Bonchev–Trinajstić information content (AvgIpc) is 1.97. The molecule has 0 spiro atoms. The summed E-state index contributed by atoms with van der Waals surface area (Å²) in [6.07, 6.45) is 4.24. The van der Waals surface area contributed by atoms with E-state index in [2.05, 4.69) is 4.18 Å². The quantitative estimate of drug-likeness (QED) is 0.475. The lowest BCUT2D eigenvalue weighted by Gasteiger charge is -1.99. The van der Waals surface area contributed by atoms with Gasteiger partial charge in [-0.15, -0.1) is 0 Å². The molecule has 4 heteroatoms.